The van der Waals surface area contributed by atoms with Crippen LogP contribution in [0, 0.1) is 0 Å². The van der Waals surface area contributed by atoms with Crippen LogP contribution in [0.25, 0.3) is 11.2 Å². The Morgan fingerprint density at radius 3 is 2.88 bits per heavy atom. The summed E-state index contributed by atoms with van der Waals surface area (Å²) in [5, 5.41) is 40.3. The maximum atomic E-state index is 10.7. The molecule has 13 heteroatoms. The van der Waals surface area contributed by atoms with Crippen LogP contribution in [0.1, 0.15) is 12.6 Å². The molecule has 1 saturated heterocycles. The Morgan fingerprint density at radius 1 is 1.38 bits per heavy atom. The van der Waals surface area contributed by atoms with E-state index in [1.807, 2.05) is 0 Å². The van der Waals surface area contributed by atoms with Crippen LogP contribution in [0.15, 0.2) is 6.33 Å². The predicted octanol–water partition coefficient (Wildman–Crippen LogP) is -2.04. The van der Waals surface area contributed by atoms with Gasteiger partial charge in [-0.3, -0.25) is 9.36 Å². The highest BCUT2D eigenvalue weighted by Gasteiger charge is 2.44. The normalized spacial score (nSPS) is 27.0. The smallest absolute Gasteiger partial charge is 0.320 e. The van der Waals surface area contributed by atoms with Gasteiger partial charge in [-0.15, -0.1) is 10.2 Å². The van der Waals surface area contributed by atoms with Gasteiger partial charge in [0.2, 0.25) is 0 Å². The monoisotopic (exact) mass is 385 g/mol. The number of carboxylic acids is 1. The number of aromatic nitrogens is 5. The number of fused-ring (bicyclic) bond motifs is 1. The molecule has 1 aliphatic rings. The highest BCUT2D eigenvalue weighted by molar-refractivity contribution is 7.99. The molecular weight excluding hydrogens is 366 g/mol. The van der Waals surface area contributed by atoms with Gasteiger partial charge in [-0.1, -0.05) is 0 Å². The molecule has 0 aliphatic carbocycles. The average molecular weight is 385 g/mol. The van der Waals surface area contributed by atoms with Gasteiger partial charge in [-0.25, -0.2) is 4.98 Å². The molecule has 0 unspecified atom stereocenters. The topological polar surface area (TPSA) is 196 Å². The number of hydrogen-bond acceptors (Lipinski definition) is 11. The van der Waals surface area contributed by atoms with Crippen molar-refractivity contribution in [3.8, 4) is 0 Å². The molecule has 26 heavy (non-hydrogen) atoms. The lowest BCUT2D eigenvalue weighted by atomic mass is 10.1. The van der Waals surface area contributed by atoms with E-state index >= 15 is 0 Å². The third kappa shape index (κ3) is 3.57. The molecular formula is C13H19N7O5S. The molecule has 0 bridgehead atoms. The molecule has 3 heterocycles. The fourth-order valence-electron chi connectivity index (χ4n) is 2.61. The number of rotatable bonds is 7. The molecule has 1 aliphatic heterocycles. The van der Waals surface area contributed by atoms with Crippen molar-refractivity contribution < 1.29 is 24.9 Å². The van der Waals surface area contributed by atoms with E-state index in [1.54, 1.807) is 0 Å². The Hall–Kier alpha value is -2.06. The Morgan fingerprint density at radius 2 is 2.15 bits per heavy atom. The minimum Gasteiger partial charge on any atom is -0.480 e. The maximum Gasteiger partial charge on any atom is 0.320 e. The van der Waals surface area contributed by atoms with E-state index in [-0.39, 0.29) is 11.5 Å². The minimum atomic E-state index is -1.20. The number of nitrogen functional groups attached to an aromatic ring is 1. The Labute approximate surface area is 151 Å². The highest BCUT2D eigenvalue weighted by Crippen LogP contribution is 2.33. The average Bonchev–Trinajstić information content (AvgIpc) is 3.15. The number of nitrogens with two attached hydrogens (primary N) is 2. The van der Waals surface area contributed by atoms with Gasteiger partial charge >= 0.3 is 5.97 Å². The van der Waals surface area contributed by atoms with Gasteiger partial charge in [-0.2, -0.15) is 11.8 Å². The van der Waals surface area contributed by atoms with Crippen molar-refractivity contribution in [2.24, 2.45) is 5.73 Å². The molecule has 0 spiro atoms. The lowest BCUT2D eigenvalue weighted by Crippen LogP contribution is -2.33. The van der Waals surface area contributed by atoms with Crippen LogP contribution >= 0.6 is 11.8 Å². The number of imidazole rings is 1. The van der Waals surface area contributed by atoms with Crippen LogP contribution in [0.4, 0.5) is 5.82 Å². The lowest BCUT2D eigenvalue weighted by Gasteiger charge is -2.16. The van der Waals surface area contributed by atoms with Gasteiger partial charge in [-0.05, 0) is 17.4 Å². The van der Waals surface area contributed by atoms with Crippen LogP contribution in [0.5, 0.6) is 0 Å². The molecule has 7 N–H and O–H groups in total. The second kappa shape index (κ2) is 7.67. The molecule has 0 saturated carbocycles. The van der Waals surface area contributed by atoms with Crippen molar-refractivity contribution in [3.63, 3.8) is 0 Å². The molecule has 3 rings (SSSR count). The molecule has 12 nitrogen and oxygen atoms in total. The maximum absolute atomic E-state index is 10.7. The number of anilines is 1. The second-order valence-corrected chi connectivity index (χ2v) is 7.00. The molecule has 0 radical (unpaired) electrons. The summed E-state index contributed by atoms with van der Waals surface area (Å²) >= 11 is 1.39. The zero-order valence-corrected chi connectivity index (χ0v) is 14.4. The SMILES string of the molecule is Nc1nnnc2c1ncn2[C@@H]1O[C@H](CSCC[C@H](N)C(=O)O)[C@@H](O)[C@H]1O. The van der Waals surface area contributed by atoms with Gasteiger partial charge in [0.25, 0.3) is 0 Å². The van der Waals surface area contributed by atoms with E-state index < -0.39 is 36.6 Å². The van der Waals surface area contributed by atoms with Crippen LogP contribution in [-0.4, -0.2) is 82.1 Å². The molecule has 1 fully saturated rings. The first-order chi connectivity index (χ1) is 12.4. The highest BCUT2D eigenvalue weighted by atomic mass is 32.2. The van der Waals surface area contributed by atoms with E-state index in [2.05, 4.69) is 20.4 Å². The van der Waals surface area contributed by atoms with E-state index in [4.69, 9.17) is 21.3 Å². The van der Waals surface area contributed by atoms with E-state index in [1.165, 1.54) is 22.7 Å². The van der Waals surface area contributed by atoms with E-state index in [0.717, 1.165) is 0 Å². The van der Waals surface area contributed by atoms with Gasteiger partial charge in [0, 0.05) is 5.75 Å². The van der Waals surface area contributed by atoms with E-state index in [9.17, 15) is 15.0 Å². The number of aliphatic hydroxyl groups is 2. The van der Waals surface area contributed by atoms with Crippen molar-refractivity contribution in [1.82, 2.24) is 25.0 Å². The fourth-order valence-corrected chi connectivity index (χ4v) is 3.71. The first kappa shape index (κ1) is 18.7. The van der Waals surface area contributed by atoms with Crippen LogP contribution in [0.3, 0.4) is 0 Å². The van der Waals surface area contributed by atoms with Crippen molar-refractivity contribution in [2.75, 3.05) is 17.2 Å². The molecule has 2 aromatic heterocycles. The van der Waals surface area contributed by atoms with Gasteiger partial charge in [0.05, 0.1) is 12.4 Å². The summed E-state index contributed by atoms with van der Waals surface area (Å²) in [6.45, 7) is 0. The number of nitrogens with zero attached hydrogens (tertiary/aromatic N) is 5. The largest absolute Gasteiger partial charge is 0.480 e. The zero-order valence-electron chi connectivity index (χ0n) is 13.5. The number of thioether (sulfide) groups is 1. The van der Waals surface area contributed by atoms with Crippen molar-refractivity contribution in [3.05, 3.63) is 6.33 Å². The summed E-state index contributed by atoms with van der Waals surface area (Å²) in [5.41, 5.74) is 11.7. The quantitative estimate of drug-likeness (QED) is 0.328. The summed E-state index contributed by atoms with van der Waals surface area (Å²) < 4.78 is 7.20. The Bertz CT molecular complexity index is 789. The summed E-state index contributed by atoms with van der Waals surface area (Å²) in [6, 6.07) is -0.926. The van der Waals surface area contributed by atoms with Crippen LogP contribution in [0.2, 0.25) is 0 Å². The number of carboxylic acid groups (broad SMARTS) is 1. The van der Waals surface area contributed by atoms with Crippen molar-refractivity contribution >= 4 is 34.7 Å². The molecule has 2 aromatic rings. The fraction of sp³-hybridized carbons (Fsp3) is 0.615. The second-order valence-electron chi connectivity index (χ2n) is 5.85. The molecule has 5 atom stereocenters. The third-order valence-corrected chi connectivity index (χ3v) is 5.17. The molecule has 0 amide bonds. The standard InChI is InChI=1S/C13H19N7O5S/c14-5(13(23)24)1-2-26-3-6-8(21)9(22)12(25-6)20-4-16-7-10(15)17-19-18-11(7)20/h4-6,8-9,12,21-22H,1-3,14H2,(H,23,24)(H2,15,17,18)/t5-,6+,8+,9+,12+/m0/s1. The third-order valence-electron chi connectivity index (χ3n) is 4.09. The lowest BCUT2D eigenvalue weighted by molar-refractivity contribution is -0.138. The van der Waals surface area contributed by atoms with Crippen molar-refractivity contribution in [2.45, 2.75) is 37.0 Å². The summed E-state index contributed by atoms with van der Waals surface area (Å²) in [7, 11) is 0. The Kier molecular flexibility index (Phi) is 5.52. The Balaban J connectivity index is 1.64. The number of ether oxygens (including phenoxy) is 1. The number of aliphatic hydroxyl groups excluding tert-OH is 2. The summed E-state index contributed by atoms with van der Waals surface area (Å²) in [6.07, 6.45) is -2.19. The molecule has 0 aromatic carbocycles. The summed E-state index contributed by atoms with van der Waals surface area (Å²) in [5.74, 6) is -0.102. The van der Waals surface area contributed by atoms with Crippen LogP contribution in [-0.2, 0) is 9.53 Å². The summed E-state index contributed by atoms with van der Waals surface area (Å²) in [4.78, 5) is 14.8. The molecule has 142 valence electrons. The van der Waals surface area contributed by atoms with Gasteiger partial charge < -0.3 is 31.5 Å². The minimum absolute atomic E-state index is 0.101. The number of aliphatic carboxylic acids is 1. The first-order valence-electron chi connectivity index (χ1n) is 7.79. The number of hydrogen-bond donors (Lipinski definition) is 5. The first-order valence-corrected chi connectivity index (χ1v) is 8.94. The number of carbonyl (C=O) groups is 1. The predicted molar refractivity (Wildman–Crippen MR) is 91.0 cm³/mol. The van der Waals surface area contributed by atoms with Gasteiger partial charge in [0.15, 0.2) is 23.2 Å². The zero-order chi connectivity index (χ0) is 18.8. The van der Waals surface area contributed by atoms with Crippen molar-refractivity contribution in [1.29, 1.82) is 0 Å². The van der Waals surface area contributed by atoms with Gasteiger partial charge in [0.1, 0.15) is 18.2 Å². The van der Waals surface area contributed by atoms with Crippen LogP contribution < -0.4 is 11.5 Å². The van der Waals surface area contributed by atoms with E-state index in [0.29, 0.717) is 23.4 Å².